The van der Waals surface area contributed by atoms with Crippen molar-refractivity contribution in [1.82, 2.24) is 19.5 Å². The zero-order chi connectivity index (χ0) is 46.9. The van der Waals surface area contributed by atoms with Gasteiger partial charge < -0.3 is 4.57 Å². The van der Waals surface area contributed by atoms with E-state index in [-0.39, 0.29) is 115 Å². The van der Waals surface area contributed by atoms with Crippen LogP contribution in [-0.2, 0) is 0 Å². The number of nitrogens with zero attached hydrogens (tertiary/aromatic N) is 4. The number of fused-ring (bicyclic) bond motifs is 8. The van der Waals surface area contributed by atoms with Gasteiger partial charge in [0.25, 0.3) is 0 Å². The lowest BCUT2D eigenvalue weighted by Crippen LogP contribution is -2.02. The first kappa shape index (κ1) is 20.3. The van der Waals surface area contributed by atoms with Crippen LogP contribution in [0.25, 0.3) is 104 Å². The maximum Gasteiger partial charge on any atom is 0.164 e. The van der Waals surface area contributed by atoms with Crippen LogP contribution in [0.5, 0.6) is 0 Å². The monoisotopic (exact) mass is 719 g/mol. The fraction of sp³-hybridized carbons (Fsp3) is 0. The van der Waals surface area contributed by atoms with Crippen LogP contribution in [-0.4, -0.2) is 19.5 Å². The van der Waals surface area contributed by atoms with Crippen molar-refractivity contribution in [2.45, 2.75) is 0 Å². The molecule has 0 fully saturated rings. The summed E-state index contributed by atoms with van der Waals surface area (Å²) in [6.07, 6.45) is 0. The molecule has 0 N–H and O–H groups in total. The summed E-state index contributed by atoms with van der Waals surface area (Å²) in [5, 5.41) is 0.540. The lowest BCUT2D eigenvalue weighted by molar-refractivity contribution is 1.07. The number of thiophene rings is 1. The van der Waals surface area contributed by atoms with Crippen molar-refractivity contribution in [2.75, 3.05) is 0 Å². The van der Waals surface area contributed by atoms with Gasteiger partial charge in [-0.05, 0) is 47.1 Å². The maximum absolute atomic E-state index is 9.57. The fourth-order valence-corrected chi connectivity index (χ4v) is 8.18. The van der Waals surface area contributed by atoms with Crippen molar-refractivity contribution in [1.29, 1.82) is 0 Å². The van der Waals surface area contributed by atoms with Gasteiger partial charge in [-0.1, -0.05) is 145 Å². The Bertz CT molecular complexity index is 3910. The largest absolute Gasteiger partial charge is 0.309 e. The third kappa shape index (κ3) is 4.86. The molecule has 5 heteroatoms. The molecule has 0 amide bonds. The molecule has 0 aliphatic heterocycles. The molecule has 0 radical (unpaired) electrons. The number of benzene rings is 8. The van der Waals surface area contributed by atoms with Crippen molar-refractivity contribution in [3.63, 3.8) is 0 Å². The Hall–Kier alpha value is -6.95. The van der Waals surface area contributed by atoms with Crippen LogP contribution in [0.2, 0.25) is 0 Å². The van der Waals surface area contributed by atoms with E-state index in [9.17, 15) is 5.48 Å². The van der Waals surface area contributed by atoms with Gasteiger partial charge in [0, 0.05) is 58.8 Å². The van der Waals surface area contributed by atoms with Crippen molar-refractivity contribution in [3.05, 3.63) is 182 Å². The highest BCUT2D eigenvalue weighted by Gasteiger charge is 2.21. The molecule has 4 nitrogen and oxygen atoms in total. The minimum Gasteiger partial charge on any atom is -0.309 e. The van der Waals surface area contributed by atoms with Gasteiger partial charge in [-0.15, -0.1) is 11.3 Å². The van der Waals surface area contributed by atoms with E-state index in [4.69, 9.17) is 27.3 Å². The van der Waals surface area contributed by atoms with Gasteiger partial charge in [0.15, 0.2) is 17.5 Å². The first-order valence-electron chi connectivity index (χ1n) is 23.5. The molecular weight excluding hydrogens is 677 g/mol. The molecule has 252 valence electrons. The molecular formula is C49H30N4S. The Balaban J connectivity index is 1.33. The van der Waals surface area contributed by atoms with Crippen LogP contribution in [0.15, 0.2) is 182 Å². The Morgan fingerprint density at radius 2 is 1.13 bits per heavy atom. The highest BCUT2D eigenvalue weighted by Crippen LogP contribution is 2.45. The van der Waals surface area contributed by atoms with Crippen molar-refractivity contribution in [2.24, 2.45) is 0 Å². The smallest absolute Gasteiger partial charge is 0.164 e. The molecule has 11 rings (SSSR count). The first-order valence-corrected chi connectivity index (χ1v) is 17.9. The summed E-state index contributed by atoms with van der Waals surface area (Å²) in [5.41, 5.74) is 3.08. The average Bonchev–Trinajstić information content (AvgIpc) is 3.92. The topological polar surface area (TPSA) is 43.6 Å². The van der Waals surface area contributed by atoms with Crippen LogP contribution in [0.4, 0.5) is 0 Å². The number of aromatic nitrogens is 4. The summed E-state index contributed by atoms with van der Waals surface area (Å²) < 4.78 is 119. The molecule has 0 saturated heterocycles. The van der Waals surface area contributed by atoms with Crippen molar-refractivity contribution in [3.8, 4) is 51.0 Å². The van der Waals surface area contributed by atoms with Gasteiger partial charge in [-0.2, -0.15) is 0 Å². The van der Waals surface area contributed by atoms with E-state index in [2.05, 4.69) is 0 Å². The van der Waals surface area contributed by atoms with Gasteiger partial charge in [0.1, 0.15) is 0 Å². The predicted octanol–water partition coefficient (Wildman–Crippen LogP) is 13.2. The Morgan fingerprint density at radius 1 is 0.463 bits per heavy atom. The van der Waals surface area contributed by atoms with Crippen LogP contribution in [0.3, 0.4) is 0 Å². The van der Waals surface area contributed by atoms with Gasteiger partial charge in [-0.25, -0.2) is 15.0 Å². The van der Waals surface area contributed by atoms with Crippen LogP contribution < -0.4 is 0 Å². The second-order valence-electron chi connectivity index (χ2n) is 12.6. The summed E-state index contributed by atoms with van der Waals surface area (Å²) in [4.78, 5) is 14.8. The third-order valence-corrected chi connectivity index (χ3v) is 10.6. The maximum atomic E-state index is 9.57. The van der Waals surface area contributed by atoms with Crippen molar-refractivity contribution < 1.29 is 17.8 Å². The van der Waals surface area contributed by atoms with Gasteiger partial charge in [0.2, 0.25) is 0 Å². The normalized spacial score (nSPS) is 15.1. The van der Waals surface area contributed by atoms with E-state index in [1.54, 1.807) is 22.8 Å². The Morgan fingerprint density at radius 3 is 1.91 bits per heavy atom. The zero-order valence-electron chi connectivity index (χ0n) is 41.0. The van der Waals surface area contributed by atoms with E-state index in [0.29, 0.717) is 37.7 Å². The molecule has 0 spiro atoms. The van der Waals surface area contributed by atoms with E-state index in [1.165, 1.54) is 24.3 Å². The third-order valence-electron chi connectivity index (χ3n) is 9.49. The minimum atomic E-state index is -0.534. The molecule has 0 bridgehead atoms. The second kappa shape index (κ2) is 12.3. The van der Waals surface area contributed by atoms with Gasteiger partial charge in [0.05, 0.1) is 34.5 Å². The molecule has 0 aliphatic rings. The van der Waals surface area contributed by atoms with Crippen LogP contribution >= 0.6 is 11.3 Å². The molecule has 54 heavy (non-hydrogen) atoms. The van der Waals surface area contributed by atoms with Crippen molar-refractivity contribution >= 4 is 64.1 Å². The molecule has 0 saturated carbocycles. The SMILES string of the molecule is [2H]c1cc([2H])c2sc3c(-c4cc(-c5nc(-c6ccccc6)nc(-c6ccccc6)n5)ccc4-n4c5c([2H])cc([2H])c([2H])c5c5c6c([2H])c([2H])c([2H])c([2H])c6cc([2H])c54)cc([2H])c([2H])c3c2c1[2H]. The molecule has 0 aliphatic carbocycles. The minimum absolute atomic E-state index is 0.0144. The summed E-state index contributed by atoms with van der Waals surface area (Å²) in [5.74, 6) is 1.03. The lowest BCUT2D eigenvalue weighted by Gasteiger charge is -2.17. The zero-order valence-corrected chi connectivity index (χ0v) is 28.8. The lowest BCUT2D eigenvalue weighted by atomic mass is 9.98. The first-order chi connectivity index (χ1) is 32.1. The molecule has 3 aromatic heterocycles. The summed E-state index contributed by atoms with van der Waals surface area (Å²) >= 11 is 1.13. The van der Waals surface area contributed by atoms with E-state index in [1.807, 2.05) is 60.7 Å². The summed E-state index contributed by atoms with van der Waals surface area (Å²) in [6.45, 7) is 0. The Kier molecular flexibility index (Phi) is 4.64. The quantitative estimate of drug-likeness (QED) is 0.178. The number of hydrogen-bond donors (Lipinski definition) is 0. The summed E-state index contributed by atoms with van der Waals surface area (Å²) in [7, 11) is 0. The fourth-order valence-electron chi connectivity index (χ4n) is 7.07. The molecule has 8 aromatic carbocycles. The summed E-state index contributed by atoms with van der Waals surface area (Å²) in [6, 6.07) is 25.6. The van der Waals surface area contributed by atoms with E-state index < -0.39 is 18.1 Å². The van der Waals surface area contributed by atoms with Gasteiger partial charge >= 0.3 is 0 Å². The van der Waals surface area contributed by atoms with E-state index >= 15 is 0 Å². The number of hydrogen-bond acceptors (Lipinski definition) is 4. The highest BCUT2D eigenvalue weighted by atomic mass is 32.1. The second-order valence-corrected chi connectivity index (χ2v) is 13.6. The standard InChI is InChI=1S/C49H30N4S/c1-3-15-32(16-4-1)47-50-48(33-17-5-2-6-18-33)52-49(51-47)34-27-28-42(40(30-34)38-23-13-22-37-36-20-10-12-25-44(36)54-46(37)38)53-41-24-11-9-21-39(41)45-35-19-8-7-14-31(35)26-29-43(45)53/h1-30H/i7D,8D,9D,10D,13D,14D,19D,20D,21D,22D,24D,25D,29D. The molecule has 0 unspecified atom stereocenters. The Labute approximate surface area is 333 Å². The average molecular weight is 720 g/mol. The van der Waals surface area contributed by atoms with Crippen LogP contribution in [0.1, 0.15) is 17.8 Å². The highest BCUT2D eigenvalue weighted by molar-refractivity contribution is 7.26. The molecule has 11 aromatic rings. The molecule has 0 atom stereocenters. The van der Waals surface area contributed by atoms with Crippen LogP contribution in [0, 0.1) is 0 Å². The van der Waals surface area contributed by atoms with Gasteiger partial charge in [-0.3, -0.25) is 0 Å². The number of para-hydroxylation sites is 1. The number of rotatable bonds is 5. The van der Waals surface area contributed by atoms with E-state index in [0.717, 1.165) is 22.5 Å². The predicted molar refractivity (Wildman–Crippen MR) is 226 cm³/mol. The molecule has 3 heterocycles.